The van der Waals surface area contributed by atoms with E-state index in [0.29, 0.717) is 31.9 Å². The highest BCUT2D eigenvalue weighted by molar-refractivity contribution is 7.92. The zero-order valence-corrected chi connectivity index (χ0v) is 20.0. The van der Waals surface area contributed by atoms with Gasteiger partial charge in [0.25, 0.3) is 15.9 Å². The number of piperazine rings is 1. The molecule has 0 saturated carbocycles. The number of anilines is 2. The highest BCUT2D eigenvalue weighted by Crippen LogP contribution is 2.28. The van der Waals surface area contributed by atoms with Crippen molar-refractivity contribution < 1.29 is 27.1 Å². The Morgan fingerprint density at radius 3 is 2.26 bits per heavy atom. The first-order valence-corrected chi connectivity index (χ1v) is 12.5. The molecule has 3 aromatic rings. The molecule has 10 heteroatoms. The van der Waals surface area contributed by atoms with E-state index >= 15 is 0 Å². The number of rotatable bonds is 8. The van der Waals surface area contributed by atoms with Crippen molar-refractivity contribution in [2.24, 2.45) is 0 Å². The molecule has 1 heterocycles. The molecular weight excluding hydrogens is 473 g/mol. The lowest BCUT2D eigenvalue weighted by Gasteiger charge is -2.36. The van der Waals surface area contributed by atoms with Crippen molar-refractivity contribution >= 4 is 27.3 Å². The van der Waals surface area contributed by atoms with Crippen LogP contribution in [0.3, 0.4) is 0 Å². The van der Waals surface area contributed by atoms with Gasteiger partial charge in [-0.1, -0.05) is 12.1 Å². The topological polar surface area (TPSA) is 88.2 Å². The Morgan fingerprint density at radius 1 is 0.943 bits per heavy atom. The van der Waals surface area contributed by atoms with E-state index in [4.69, 9.17) is 9.47 Å². The highest BCUT2D eigenvalue weighted by Gasteiger charge is 2.23. The lowest BCUT2D eigenvalue weighted by molar-refractivity contribution is -0.133. The summed E-state index contributed by atoms with van der Waals surface area (Å²) in [6, 6.07) is 18.6. The molecule has 0 spiro atoms. The number of amides is 1. The minimum absolute atomic E-state index is 0.0213. The number of hydrogen-bond acceptors (Lipinski definition) is 6. The minimum Gasteiger partial charge on any atom is -0.495 e. The predicted octanol–water partition coefficient (Wildman–Crippen LogP) is 3.36. The van der Waals surface area contributed by atoms with E-state index in [1.54, 1.807) is 12.0 Å². The molecule has 8 nitrogen and oxygen atoms in total. The number of nitrogens with zero attached hydrogens (tertiary/aromatic N) is 2. The smallest absolute Gasteiger partial charge is 0.261 e. The summed E-state index contributed by atoms with van der Waals surface area (Å²) in [5, 5.41) is 0. The Kier molecular flexibility index (Phi) is 7.40. The Hall–Kier alpha value is -3.79. The molecule has 4 rings (SSSR count). The van der Waals surface area contributed by atoms with E-state index in [1.165, 1.54) is 48.5 Å². The van der Waals surface area contributed by atoms with Gasteiger partial charge in [0, 0.05) is 31.9 Å². The maximum absolute atomic E-state index is 13.0. The van der Waals surface area contributed by atoms with E-state index in [1.807, 2.05) is 24.3 Å². The largest absolute Gasteiger partial charge is 0.495 e. The molecule has 0 unspecified atom stereocenters. The summed E-state index contributed by atoms with van der Waals surface area (Å²) in [7, 11) is -2.20. The maximum atomic E-state index is 13.0. The van der Waals surface area contributed by atoms with Gasteiger partial charge < -0.3 is 19.3 Å². The summed E-state index contributed by atoms with van der Waals surface area (Å²) in [6.07, 6.45) is 0. The van der Waals surface area contributed by atoms with Crippen LogP contribution in [0.1, 0.15) is 0 Å². The quantitative estimate of drug-likeness (QED) is 0.512. The lowest BCUT2D eigenvalue weighted by Crippen LogP contribution is -2.50. The average Bonchev–Trinajstić information content (AvgIpc) is 2.89. The number of hydrogen-bond donors (Lipinski definition) is 1. The van der Waals surface area contributed by atoms with Gasteiger partial charge in [0.1, 0.15) is 17.3 Å². The number of carbonyl (C=O) groups is 1. The summed E-state index contributed by atoms with van der Waals surface area (Å²) >= 11 is 0. The van der Waals surface area contributed by atoms with Crippen LogP contribution in [-0.4, -0.2) is 59.1 Å². The van der Waals surface area contributed by atoms with E-state index in [-0.39, 0.29) is 23.1 Å². The lowest BCUT2D eigenvalue weighted by atomic mass is 10.2. The van der Waals surface area contributed by atoms with Crippen molar-refractivity contribution in [3.05, 3.63) is 78.6 Å². The van der Waals surface area contributed by atoms with Crippen molar-refractivity contribution in [1.29, 1.82) is 0 Å². The second-order valence-corrected chi connectivity index (χ2v) is 9.59. The third-order valence-electron chi connectivity index (χ3n) is 5.65. The van der Waals surface area contributed by atoms with Gasteiger partial charge in [0.05, 0.1) is 17.7 Å². The van der Waals surface area contributed by atoms with Crippen LogP contribution in [0.5, 0.6) is 11.5 Å². The Balaban J connectivity index is 1.28. The molecular formula is C25H26FN3O5S. The third-order valence-corrected chi connectivity index (χ3v) is 7.05. The van der Waals surface area contributed by atoms with Crippen LogP contribution in [0.15, 0.2) is 77.7 Å². The number of benzene rings is 3. The predicted molar refractivity (Wildman–Crippen MR) is 131 cm³/mol. The van der Waals surface area contributed by atoms with Crippen molar-refractivity contribution in [3.8, 4) is 11.5 Å². The van der Waals surface area contributed by atoms with Crippen molar-refractivity contribution in [2.75, 3.05) is 49.5 Å². The number of para-hydroxylation sites is 2. The molecule has 1 aliphatic heterocycles. The molecule has 1 fully saturated rings. The van der Waals surface area contributed by atoms with Gasteiger partial charge >= 0.3 is 0 Å². The number of sulfonamides is 1. The third kappa shape index (κ3) is 6.02. The summed E-state index contributed by atoms with van der Waals surface area (Å²) in [4.78, 5) is 16.6. The Bertz CT molecular complexity index is 1260. The van der Waals surface area contributed by atoms with Crippen molar-refractivity contribution in [1.82, 2.24) is 4.90 Å². The van der Waals surface area contributed by atoms with E-state index in [2.05, 4.69) is 9.62 Å². The summed E-state index contributed by atoms with van der Waals surface area (Å²) < 4.78 is 51.5. The van der Waals surface area contributed by atoms with Gasteiger partial charge in [-0.25, -0.2) is 12.8 Å². The van der Waals surface area contributed by atoms with E-state index < -0.39 is 15.8 Å². The van der Waals surface area contributed by atoms with Crippen LogP contribution in [-0.2, 0) is 14.8 Å². The normalized spacial score (nSPS) is 13.9. The van der Waals surface area contributed by atoms with Gasteiger partial charge in [-0.3, -0.25) is 9.52 Å². The monoisotopic (exact) mass is 499 g/mol. The molecule has 1 amide bonds. The first-order valence-electron chi connectivity index (χ1n) is 11.0. The summed E-state index contributed by atoms with van der Waals surface area (Å²) in [6.45, 7) is 2.34. The van der Waals surface area contributed by atoms with E-state index in [9.17, 15) is 17.6 Å². The minimum atomic E-state index is -3.84. The first-order chi connectivity index (χ1) is 16.9. The van der Waals surface area contributed by atoms with Gasteiger partial charge in [0.2, 0.25) is 0 Å². The summed E-state index contributed by atoms with van der Waals surface area (Å²) in [5.41, 5.74) is 1.26. The van der Waals surface area contributed by atoms with Crippen molar-refractivity contribution in [2.45, 2.75) is 4.90 Å². The molecule has 3 aromatic carbocycles. The Labute approximate surface area is 203 Å². The number of methoxy groups -OCH3 is 1. The van der Waals surface area contributed by atoms with Crippen molar-refractivity contribution in [3.63, 3.8) is 0 Å². The second-order valence-electron chi connectivity index (χ2n) is 7.91. The Morgan fingerprint density at radius 2 is 1.60 bits per heavy atom. The molecule has 184 valence electrons. The SMILES string of the molecule is COc1ccccc1N1CCN(C(=O)COc2ccc(S(=O)(=O)Nc3ccc(F)cc3)cc2)CC1. The van der Waals surface area contributed by atoms with E-state index in [0.717, 1.165) is 11.4 Å². The fourth-order valence-electron chi connectivity index (χ4n) is 3.77. The number of ether oxygens (including phenoxy) is 2. The zero-order valence-electron chi connectivity index (χ0n) is 19.2. The zero-order chi connectivity index (χ0) is 24.8. The van der Waals surface area contributed by atoms with Crippen LogP contribution in [0.4, 0.5) is 15.8 Å². The highest BCUT2D eigenvalue weighted by atomic mass is 32.2. The van der Waals surface area contributed by atoms with Crippen LogP contribution in [0.25, 0.3) is 0 Å². The molecule has 0 bridgehead atoms. The molecule has 1 aliphatic rings. The van der Waals surface area contributed by atoms with Gasteiger partial charge in [-0.2, -0.15) is 0 Å². The number of halogens is 1. The van der Waals surface area contributed by atoms with Gasteiger partial charge in [0.15, 0.2) is 6.61 Å². The fourth-order valence-corrected chi connectivity index (χ4v) is 4.83. The molecule has 35 heavy (non-hydrogen) atoms. The number of carbonyl (C=O) groups excluding carboxylic acids is 1. The first kappa shape index (κ1) is 24.3. The second kappa shape index (κ2) is 10.6. The van der Waals surface area contributed by atoms with Gasteiger partial charge in [-0.05, 0) is 60.7 Å². The van der Waals surface area contributed by atoms with Gasteiger partial charge in [-0.15, -0.1) is 0 Å². The van der Waals surface area contributed by atoms with Crippen LogP contribution in [0.2, 0.25) is 0 Å². The molecule has 0 atom stereocenters. The molecule has 0 aliphatic carbocycles. The molecule has 0 radical (unpaired) electrons. The average molecular weight is 500 g/mol. The maximum Gasteiger partial charge on any atom is 0.261 e. The molecule has 1 saturated heterocycles. The van der Waals surface area contributed by atoms with Crippen LogP contribution >= 0.6 is 0 Å². The fraction of sp³-hybridized carbons (Fsp3) is 0.240. The summed E-state index contributed by atoms with van der Waals surface area (Å²) in [5.74, 6) is 0.585. The molecule has 1 N–H and O–H groups in total. The van der Waals surface area contributed by atoms with Crippen LogP contribution in [0, 0.1) is 5.82 Å². The molecule has 0 aromatic heterocycles. The van der Waals surface area contributed by atoms with Crippen LogP contribution < -0.4 is 19.1 Å². The number of nitrogens with one attached hydrogen (secondary N) is 1. The standard InChI is InChI=1S/C25H26FN3O5S/c1-33-24-5-3-2-4-23(24)28-14-16-29(17-15-28)25(30)18-34-21-10-12-22(13-11-21)35(31,32)27-20-8-6-19(26)7-9-20/h2-13,27H,14-18H2,1H3.